The molecule has 0 aliphatic carbocycles. The van der Waals surface area contributed by atoms with E-state index in [9.17, 15) is 15.0 Å². The van der Waals surface area contributed by atoms with Gasteiger partial charge in [-0.3, -0.25) is 4.79 Å². The van der Waals surface area contributed by atoms with E-state index in [1.807, 2.05) is 37.3 Å². The molecule has 1 atom stereocenters. The highest BCUT2D eigenvalue weighted by Crippen LogP contribution is 2.30. The van der Waals surface area contributed by atoms with Gasteiger partial charge in [-0.15, -0.1) is 0 Å². The number of methoxy groups -OCH3 is 2. The molecule has 3 rings (SSSR count). The summed E-state index contributed by atoms with van der Waals surface area (Å²) in [6, 6.07) is 14.6. The minimum absolute atomic E-state index is 0.125. The highest BCUT2D eigenvalue weighted by atomic mass is 16.5. The Hall–Kier alpha value is -3.81. The lowest BCUT2D eigenvalue weighted by atomic mass is 10.0. The minimum Gasteiger partial charge on any atom is -0.501 e. The largest absolute Gasteiger partial charge is 0.501 e. The molecule has 0 saturated carbocycles. The van der Waals surface area contributed by atoms with Crippen LogP contribution in [0.25, 0.3) is 0 Å². The van der Waals surface area contributed by atoms with Crippen LogP contribution in [-0.4, -0.2) is 40.3 Å². The summed E-state index contributed by atoms with van der Waals surface area (Å²) in [5, 5.41) is 22.8. The summed E-state index contributed by atoms with van der Waals surface area (Å²) in [5.41, 5.74) is 1.33. The van der Waals surface area contributed by atoms with Gasteiger partial charge in [-0.2, -0.15) is 4.98 Å². The van der Waals surface area contributed by atoms with E-state index in [2.05, 4.69) is 15.3 Å². The van der Waals surface area contributed by atoms with Crippen LogP contribution in [0.1, 0.15) is 40.3 Å². The molecule has 3 aromatic rings. The van der Waals surface area contributed by atoms with Gasteiger partial charge in [0, 0.05) is 24.1 Å². The fraction of sp³-hybridized carbons (Fsp3) is 0.227. The number of carbonyl (C=O) groups excluding carboxylic acids is 1. The van der Waals surface area contributed by atoms with Gasteiger partial charge in [0.25, 0.3) is 11.8 Å². The molecule has 0 aliphatic rings. The highest BCUT2D eigenvalue weighted by molar-refractivity contribution is 5.95. The van der Waals surface area contributed by atoms with Crippen molar-refractivity contribution in [2.45, 2.75) is 19.4 Å². The molecule has 0 bridgehead atoms. The van der Waals surface area contributed by atoms with Crippen molar-refractivity contribution in [1.82, 2.24) is 15.3 Å². The summed E-state index contributed by atoms with van der Waals surface area (Å²) in [4.78, 5) is 20.8. The van der Waals surface area contributed by atoms with E-state index in [-0.39, 0.29) is 24.0 Å². The number of aromatic hydroxyl groups is 2. The third-order valence-corrected chi connectivity index (χ3v) is 4.72. The van der Waals surface area contributed by atoms with Crippen LogP contribution in [0.15, 0.2) is 48.5 Å². The molecule has 1 amide bonds. The maximum atomic E-state index is 12.7. The van der Waals surface area contributed by atoms with Crippen LogP contribution in [-0.2, 0) is 6.54 Å². The summed E-state index contributed by atoms with van der Waals surface area (Å²) in [6.45, 7) is 1.98. The molecule has 1 unspecified atom stereocenters. The first-order chi connectivity index (χ1) is 14.4. The smallest absolute Gasteiger partial charge is 0.274 e. The van der Waals surface area contributed by atoms with E-state index in [0.29, 0.717) is 17.1 Å². The Morgan fingerprint density at radius 1 is 1.07 bits per heavy atom. The van der Waals surface area contributed by atoms with Gasteiger partial charge in [-0.05, 0) is 17.7 Å². The SMILES string of the molecule is COc1ccc(CNC(=O)c2nc(C(C)c3ccccc3)nc(O)c2O)c(OC)c1. The van der Waals surface area contributed by atoms with Crippen LogP contribution < -0.4 is 14.8 Å². The molecule has 1 heterocycles. The Balaban J connectivity index is 1.83. The number of amides is 1. The van der Waals surface area contributed by atoms with Gasteiger partial charge in [0.1, 0.15) is 17.3 Å². The van der Waals surface area contributed by atoms with E-state index >= 15 is 0 Å². The molecule has 2 aromatic carbocycles. The number of hydrogen-bond acceptors (Lipinski definition) is 7. The molecule has 0 spiro atoms. The molecule has 30 heavy (non-hydrogen) atoms. The summed E-state index contributed by atoms with van der Waals surface area (Å²) in [5.74, 6) is -0.852. The number of aromatic nitrogens is 2. The van der Waals surface area contributed by atoms with Gasteiger partial charge < -0.3 is 25.0 Å². The van der Waals surface area contributed by atoms with Crippen molar-refractivity contribution in [1.29, 1.82) is 0 Å². The predicted octanol–water partition coefficient (Wildman–Crippen LogP) is 2.99. The second-order valence-electron chi connectivity index (χ2n) is 6.60. The summed E-state index contributed by atoms with van der Waals surface area (Å²) >= 11 is 0. The van der Waals surface area contributed by atoms with Crippen molar-refractivity contribution in [3.63, 3.8) is 0 Å². The van der Waals surface area contributed by atoms with E-state index in [0.717, 1.165) is 5.56 Å². The van der Waals surface area contributed by atoms with Crippen LogP contribution in [0.3, 0.4) is 0 Å². The first-order valence-corrected chi connectivity index (χ1v) is 9.28. The highest BCUT2D eigenvalue weighted by Gasteiger charge is 2.22. The van der Waals surface area contributed by atoms with Gasteiger partial charge in [0.2, 0.25) is 5.75 Å². The van der Waals surface area contributed by atoms with Crippen LogP contribution in [0.5, 0.6) is 23.1 Å². The molecular weight excluding hydrogens is 386 g/mol. The van der Waals surface area contributed by atoms with Crippen LogP contribution in [0.2, 0.25) is 0 Å². The number of carbonyl (C=O) groups is 1. The van der Waals surface area contributed by atoms with E-state index in [1.165, 1.54) is 7.11 Å². The Morgan fingerprint density at radius 2 is 1.80 bits per heavy atom. The number of ether oxygens (including phenoxy) is 2. The third kappa shape index (κ3) is 4.43. The molecular formula is C22H23N3O5. The zero-order valence-electron chi connectivity index (χ0n) is 16.9. The first-order valence-electron chi connectivity index (χ1n) is 9.28. The zero-order chi connectivity index (χ0) is 21.7. The lowest BCUT2D eigenvalue weighted by Gasteiger charge is -2.14. The number of benzene rings is 2. The van der Waals surface area contributed by atoms with Crippen molar-refractivity contribution in [3.8, 4) is 23.1 Å². The second-order valence-corrected chi connectivity index (χ2v) is 6.60. The molecule has 8 nitrogen and oxygen atoms in total. The zero-order valence-corrected chi connectivity index (χ0v) is 16.9. The van der Waals surface area contributed by atoms with Gasteiger partial charge in [-0.25, -0.2) is 4.98 Å². The van der Waals surface area contributed by atoms with Crippen molar-refractivity contribution in [2.75, 3.05) is 14.2 Å². The molecule has 0 radical (unpaired) electrons. The Kier molecular flexibility index (Phi) is 6.36. The second kappa shape index (κ2) is 9.13. The van der Waals surface area contributed by atoms with Crippen LogP contribution in [0, 0.1) is 0 Å². The molecule has 156 valence electrons. The van der Waals surface area contributed by atoms with Gasteiger partial charge in [-0.1, -0.05) is 37.3 Å². The number of rotatable bonds is 7. The molecule has 0 aliphatic heterocycles. The van der Waals surface area contributed by atoms with Crippen LogP contribution in [0.4, 0.5) is 0 Å². The minimum atomic E-state index is -0.668. The maximum absolute atomic E-state index is 12.7. The molecule has 0 saturated heterocycles. The predicted molar refractivity (Wildman–Crippen MR) is 110 cm³/mol. The summed E-state index contributed by atoms with van der Waals surface area (Å²) in [7, 11) is 3.07. The topological polar surface area (TPSA) is 114 Å². The normalized spacial score (nSPS) is 11.6. The van der Waals surface area contributed by atoms with Crippen LogP contribution >= 0.6 is 0 Å². The molecule has 3 N–H and O–H groups in total. The maximum Gasteiger partial charge on any atom is 0.274 e. The number of hydrogen-bond donors (Lipinski definition) is 3. The summed E-state index contributed by atoms with van der Waals surface area (Å²) < 4.78 is 10.5. The fourth-order valence-corrected chi connectivity index (χ4v) is 2.96. The lowest BCUT2D eigenvalue weighted by molar-refractivity contribution is 0.0941. The van der Waals surface area contributed by atoms with E-state index < -0.39 is 17.5 Å². The van der Waals surface area contributed by atoms with E-state index in [4.69, 9.17) is 9.47 Å². The standard InChI is InChI=1S/C22H23N3O5/c1-13(14-7-5-4-6-8-14)20-24-18(19(26)22(28)25-20)21(27)23-12-15-9-10-16(29-2)11-17(15)30-3/h4-11,13,26H,12H2,1-3H3,(H,23,27)(H,24,25,28). The lowest BCUT2D eigenvalue weighted by Crippen LogP contribution is -2.25. The van der Waals surface area contributed by atoms with E-state index in [1.54, 1.807) is 25.3 Å². The Morgan fingerprint density at radius 3 is 2.47 bits per heavy atom. The quantitative estimate of drug-likeness (QED) is 0.550. The Bertz CT molecular complexity index is 1040. The monoisotopic (exact) mass is 409 g/mol. The van der Waals surface area contributed by atoms with Gasteiger partial charge in [0.15, 0.2) is 5.69 Å². The van der Waals surface area contributed by atoms with Crippen molar-refractivity contribution < 1.29 is 24.5 Å². The van der Waals surface area contributed by atoms with Crippen molar-refractivity contribution in [2.24, 2.45) is 0 Å². The molecule has 1 aromatic heterocycles. The number of nitrogens with one attached hydrogen (secondary N) is 1. The molecule has 8 heteroatoms. The fourth-order valence-electron chi connectivity index (χ4n) is 2.96. The number of nitrogens with zero attached hydrogens (tertiary/aromatic N) is 2. The van der Waals surface area contributed by atoms with Crippen molar-refractivity contribution >= 4 is 5.91 Å². The molecule has 0 fully saturated rings. The summed E-state index contributed by atoms with van der Waals surface area (Å²) in [6.07, 6.45) is 0. The van der Waals surface area contributed by atoms with Crippen molar-refractivity contribution in [3.05, 3.63) is 71.2 Å². The average Bonchev–Trinajstić information content (AvgIpc) is 2.79. The Labute approximate surface area is 174 Å². The third-order valence-electron chi connectivity index (χ3n) is 4.72. The van der Waals surface area contributed by atoms with Gasteiger partial charge in [0.05, 0.1) is 14.2 Å². The van der Waals surface area contributed by atoms with Gasteiger partial charge >= 0.3 is 0 Å². The first kappa shape index (κ1) is 20.9. The average molecular weight is 409 g/mol.